The van der Waals surface area contributed by atoms with Crippen LogP contribution in [0.2, 0.25) is 0 Å². The lowest BCUT2D eigenvalue weighted by Crippen LogP contribution is -2.50. The van der Waals surface area contributed by atoms with E-state index in [9.17, 15) is 9.59 Å². The highest BCUT2D eigenvalue weighted by molar-refractivity contribution is 5.78. The number of carbonyl (C=O) groups is 2. The third-order valence-corrected chi connectivity index (χ3v) is 4.13. The summed E-state index contributed by atoms with van der Waals surface area (Å²) in [5.41, 5.74) is 2.38. The lowest BCUT2D eigenvalue weighted by atomic mass is 10.1. The second-order valence-electron chi connectivity index (χ2n) is 5.57. The van der Waals surface area contributed by atoms with Gasteiger partial charge in [-0.2, -0.15) is 0 Å². The van der Waals surface area contributed by atoms with Gasteiger partial charge in [-0.1, -0.05) is 25.1 Å². The van der Waals surface area contributed by atoms with Crippen molar-refractivity contribution in [3.63, 3.8) is 0 Å². The molecule has 0 saturated carbocycles. The van der Waals surface area contributed by atoms with Crippen LogP contribution in [0.5, 0.6) is 0 Å². The maximum atomic E-state index is 12.2. The van der Waals surface area contributed by atoms with Gasteiger partial charge in [0.25, 0.3) is 0 Å². The molecule has 1 aromatic rings. The van der Waals surface area contributed by atoms with E-state index in [2.05, 4.69) is 24.4 Å². The third kappa shape index (κ3) is 4.23. The smallest absolute Gasteiger partial charge is 0.224 e. The number of piperazine rings is 1. The maximum absolute atomic E-state index is 12.2. The lowest BCUT2D eigenvalue weighted by molar-refractivity contribution is -0.138. The number of aryl methyl sites for hydroxylation is 1. The van der Waals surface area contributed by atoms with Gasteiger partial charge in [-0.25, -0.2) is 0 Å². The van der Waals surface area contributed by atoms with E-state index >= 15 is 0 Å². The van der Waals surface area contributed by atoms with Crippen molar-refractivity contribution in [2.75, 3.05) is 38.0 Å². The molecule has 0 aliphatic carbocycles. The van der Waals surface area contributed by atoms with Gasteiger partial charge in [0.1, 0.15) is 0 Å². The first-order chi connectivity index (χ1) is 10.6. The van der Waals surface area contributed by atoms with Crippen molar-refractivity contribution in [3.05, 3.63) is 29.8 Å². The third-order valence-electron chi connectivity index (χ3n) is 4.13. The molecule has 0 atom stereocenters. The van der Waals surface area contributed by atoms with Gasteiger partial charge in [0.2, 0.25) is 11.8 Å². The van der Waals surface area contributed by atoms with Gasteiger partial charge >= 0.3 is 0 Å². The molecule has 1 heterocycles. The fraction of sp³-hybridized carbons (Fsp3) is 0.529. The van der Waals surface area contributed by atoms with Crippen molar-refractivity contribution < 1.29 is 9.59 Å². The molecular weight excluding hydrogens is 278 g/mol. The molecule has 1 fully saturated rings. The number of para-hydroxylation sites is 1. The topological polar surface area (TPSA) is 52.7 Å². The zero-order valence-electron chi connectivity index (χ0n) is 13.5. The Kier molecular flexibility index (Phi) is 5.81. The summed E-state index contributed by atoms with van der Waals surface area (Å²) in [5.74, 6) is 0.245. The van der Waals surface area contributed by atoms with Crippen LogP contribution in [0.15, 0.2) is 24.3 Å². The van der Waals surface area contributed by atoms with Gasteiger partial charge in [-0.05, 0) is 18.1 Å². The molecule has 2 rings (SSSR count). The minimum absolute atomic E-state index is 0.0879. The van der Waals surface area contributed by atoms with Crippen molar-refractivity contribution in [1.82, 2.24) is 9.80 Å². The predicted octanol–water partition coefficient (Wildman–Crippen LogP) is 1.74. The standard InChI is InChI=1S/C17H25N3O2/c1-3-15-6-4-5-7-16(15)18-9-8-17(22)20-12-10-19(11-13-20)14(2)21/h4-7,18H,3,8-13H2,1-2H3. The molecule has 0 spiro atoms. The van der Waals surface area contributed by atoms with Crippen LogP contribution in [0.3, 0.4) is 0 Å². The molecular formula is C17H25N3O2. The largest absolute Gasteiger partial charge is 0.384 e. The van der Waals surface area contributed by atoms with E-state index in [-0.39, 0.29) is 11.8 Å². The molecule has 0 aromatic heterocycles. The number of amides is 2. The zero-order valence-corrected chi connectivity index (χ0v) is 13.5. The number of nitrogens with one attached hydrogen (secondary N) is 1. The lowest BCUT2D eigenvalue weighted by Gasteiger charge is -2.34. The average molecular weight is 303 g/mol. The second-order valence-corrected chi connectivity index (χ2v) is 5.57. The van der Waals surface area contributed by atoms with Gasteiger partial charge in [-0.15, -0.1) is 0 Å². The predicted molar refractivity (Wildman–Crippen MR) is 87.8 cm³/mol. The molecule has 5 nitrogen and oxygen atoms in total. The minimum Gasteiger partial charge on any atom is -0.384 e. The molecule has 2 amide bonds. The Morgan fingerprint density at radius 2 is 1.73 bits per heavy atom. The highest BCUT2D eigenvalue weighted by Crippen LogP contribution is 2.15. The molecule has 1 N–H and O–H groups in total. The van der Waals surface area contributed by atoms with Gasteiger partial charge < -0.3 is 15.1 Å². The number of rotatable bonds is 5. The van der Waals surface area contributed by atoms with Crippen molar-refractivity contribution in [1.29, 1.82) is 0 Å². The van der Waals surface area contributed by atoms with E-state index in [1.807, 2.05) is 17.0 Å². The Hall–Kier alpha value is -2.04. The first-order valence-corrected chi connectivity index (χ1v) is 7.97. The summed E-state index contributed by atoms with van der Waals surface area (Å²) in [5, 5.41) is 3.35. The number of anilines is 1. The molecule has 1 aliphatic heterocycles. The van der Waals surface area contributed by atoms with Gasteiger partial charge in [0.05, 0.1) is 0 Å². The number of benzene rings is 1. The summed E-state index contributed by atoms with van der Waals surface area (Å²) in [6, 6.07) is 8.19. The summed E-state index contributed by atoms with van der Waals surface area (Å²) in [6.45, 7) is 6.92. The quantitative estimate of drug-likeness (QED) is 0.901. The van der Waals surface area contributed by atoms with Crippen molar-refractivity contribution in [3.8, 4) is 0 Å². The number of carbonyl (C=O) groups excluding carboxylic acids is 2. The molecule has 5 heteroatoms. The second kappa shape index (κ2) is 7.82. The molecule has 1 aromatic carbocycles. The van der Waals surface area contributed by atoms with Crippen molar-refractivity contribution in [2.24, 2.45) is 0 Å². The molecule has 22 heavy (non-hydrogen) atoms. The molecule has 0 bridgehead atoms. The van der Waals surface area contributed by atoms with E-state index in [1.54, 1.807) is 11.8 Å². The highest BCUT2D eigenvalue weighted by atomic mass is 16.2. The fourth-order valence-electron chi connectivity index (χ4n) is 2.73. The Balaban J connectivity index is 1.75. The van der Waals surface area contributed by atoms with Crippen LogP contribution in [0.1, 0.15) is 25.8 Å². The van der Waals surface area contributed by atoms with E-state index in [1.165, 1.54) is 5.56 Å². The Labute approximate surface area is 132 Å². The first-order valence-electron chi connectivity index (χ1n) is 7.97. The number of hydrogen-bond donors (Lipinski definition) is 1. The van der Waals surface area contributed by atoms with E-state index in [0.29, 0.717) is 39.1 Å². The number of nitrogens with zero attached hydrogens (tertiary/aromatic N) is 2. The zero-order chi connectivity index (χ0) is 15.9. The fourth-order valence-corrected chi connectivity index (χ4v) is 2.73. The van der Waals surface area contributed by atoms with E-state index in [4.69, 9.17) is 0 Å². The summed E-state index contributed by atoms with van der Waals surface area (Å²) in [6.07, 6.45) is 1.46. The van der Waals surface area contributed by atoms with Crippen LogP contribution in [0, 0.1) is 0 Å². The molecule has 120 valence electrons. The van der Waals surface area contributed by atoms with Crippen LogP contribution >= 0.6 is 0 Å². The van der Waals surface area contributed by atoms with Crippen LogP contribution in [-0.2, 0) is 16.0 Å². The SMILES string of the molecule is CCc1ccccc1NCCC(=O)N1CCN(C(C)=O)CC1. The van der Waals surface area contributed by atoms with Crippen molar-refractivity contribution >= 4 is 17.5 Å². The Morgan fingerprint density at radius 1 is 1.09 bits per heavy atom. The first kappa shape index (κ1) is 16.3. The van der Waals surface area contributed by atoms with Crippen molar-refractivity contribution in [2.45, 2.75) is 26.7 Å². The van der Waals surface area contributed by atoms with E-state index in [0.717, 1.165) is 12.1 Å². The minimum atomic E-state index is 0.0879. The summed E-state index contributed by atoms with van der Waals surface area (Å²) >= 11 is 0. The van der Waals surface area contributed by atoms with E-state index < -0.39 is 0 Å². The summed E-state index contributed by atoms with van der Waals surface area (Å²) in [7, 11) is 0. The van der Waals surface area contributed by atoms with Gasteiger partial charge in [0, 0.05) is 51.8 Å². The average Bonchev–Trinajstić information content (AvgIpc) is 2.55. The van der Waals surface area contributed by atoms with Crippen LogP contribution in [-0.4, -0.2) is 54.3 Å². The normalized spacial score (nSPS) is 14.8. The number of hydrogen-bond acceptors (Lipinski definition) is 3. The Morgan fingerprint density at radius 3 is 2.36 bits per heavy atom. The van der Waals surface area contributed by atoms with Gasteiger partial charge in [-0.3, -0.25) is 9.59 Å². The molecule has 0 radical (unpaired) electrons. The molecule has 1 saturated heterocycles. The maximum Gasteiger partial charge on any atom is 0.224 e. The van der Waals surface area contributed by atoms with Crippen LogP contribution < -0.4 is 5.32 Å². The highest BCUT2D eigenvalue weighted by Gasteiger charge is 2.21. The molecule has 0 unspecified atom stereocenters. The summed E-state index contributed by atoms with van der Waals surface area (Å²) < 4.78 is 0. The molecule has 1 aliphatic rings. The van der Waals surface area contributed by atoms with Gasteiger partial charge in [0.15, 0.2) is 0 Å². The van der Waals surface area contributed by atoms with Crippen LogP contribution in [0.25, 0.3) is 0 Å². The van der Waals surface area contributed by atoms with Crippen LogP contribution in [0.4, 0.5) is 5.69 Å². The summed E-state index contributed by atoms with van der Waals surface area (Å²) in [4.78, 5) is 27.1. The monoisotopic (exact) mass is 303 g/mol. The Bertz CT molecular complexity index is 522.